The van der Waals surface area contributed by atoms with Crippen LogP contribution in [0.4, 0.5) is 0 Å². The highest BCUT2D eigenvalue weighted by Gasteiger charge is 2.35. The molecule has 22 heavy (non-hydrogen) atoms. The molecule has 1 aliphatic rings. The van der Waals surface area contributed by atoms with E-state index >= 15 is 0 Å². The van der Waals surface area contributed by atoms with E-state index < -0.39 is 11.9 Å². The van der Waals surface area contributed by atoms with Crippen LogP contribution in [0.15, 0.2) is 24.5 Å². The van der Waals surface area contributed by atoms with Crippen molar-refractivity contribution in [1.29, 1.82) is 0 Å². The third-order valence-corrected chi connectivity index (χ3v) is 4.54. The Morgan fingerprint density at radius 3 is 2.86 bits per heavy atom. The summed E-state index contributed by atoms with van der Waals surface area (Å²) in [5, 5.41) is 9.27. The summed E-state index contributed by atoms with van der Waals surface area (Å²) in [6, 6.07) is 5.13. The molecule has 1 aromatic heterocycles. The smallest absolute Gasteiger partial charge is 0.308 e. The number of aromatic nitrogens is 2. The normalized spacial score (nSPS) is 22.0. The Labute approximate surface area is 128 Å². The van der Waals surface area contributed by atoms with Gasteiger partial charge >= 0.3 is 5.97 Å². The van der Waals surface area contributed by atoms with Crippen molar-refractivity contribution in [2.45, 2.75) is 25.8 Å². The molecule has 1 N–H and O–H groups in total. The van der Waals surface area contributed by atoms with Gasteiger partial charge in [0.15, 0.2) is 0 Å². The van der Waals surface area contributed by atoms with Crippen LogP contribution in [0, 0.1) is 5.92 Å². The Hall–Kier alpha value is -2.37. The van der Waals surface area contributed by atoms with Gasteiger partial charge in [0.25, 0.3) is 5.91 Å². The molecule has 0 bridgehead atoms. The number of hydrogen-bond donors (Lipinski definition) is 1. The highest BCUT2D eigenvalue weighted by atomic mass is 16.4. The summed E-state index contributed by atoms with van der Waals surface area (Å²) in [5.41, 5.74) is 2.29. The van der Waals surface area contributed by atoms with Gasteiger partial charge in [0.05, 0.1) is 23.3 Å². The lowest BCUT2D eigenvalue weighted by molar-refractivity contribution is -0.144. The van der Waals surface area contributed by atoms with Gasteiger partial charge in [0.2, 0.25) is 0 Å². The van der Waals surface area contributed by atoms with Crippen LogP contribution in [0.1, 0.15) is 30.1 Å². The van der Waals surface area contributed by atoms with Gasteiger partial charge in [-0.2, -0.15) is 0 Å². The molecule has 3 rings (SSSR count). The number of aryl methyl sites for hydroxylation is 1. The van der Waals surface area contributed by atoms with Crippen molar-refractivity contribution in [2.75, 3.05) is 6.54 Å². The summed E-state index contributed by atoms with van der Waals surface area (Å²) >= 11 is 0. The first-order chi connectivity index (χ1) is 10.5. The van der Waals surface area contributed by atoms with Crippen molar-refractivity contribution in [3.8, 4) is 0 Å². The summed E-state index contributed by atoms with van der Waals surface area (Å²) in [4.78, 5) is 30.0. The molecule has 0 aliphatic carbocycles. The van der Waals surface area contributed by atoms with E-state index in [9.17, 15) is 14.7 Å². The van der Waals surface area contributed by atoms with Crippen LogP contribution in [0.3, 0.4) is 0 Å². The van der Waals surface area contributed by atoms with Gasteiger partial charge < -0.3 is 14.6 Å². The van der Waals surface area contributed by atoms with Crippen LogP contribution in [-0.4, -0.2) is 44.0 Å². The molecule has 6 heteroatoms. The highest BCUT2D eigenvalue weighted by Crippen LogP contribution is 2.26. The van der Waals surface area contributed by atoms with Gasteiger partial charge in [-0.25, -0.2) is 4.98 Å². The number of amides is 1. The summed E-state index contributed by atoms with van der Waals surface area (Å²) < 4.78 is 1.90. The molecular weight excluding hydrogens is 282 g/mol. The highest BCUT2D eigenvalue weighted by molar-refractivity contribution is 5.97. The summed E-state index contributed by atoms with van der Waals surface area (Å²) in [6.07, 6.45) is 3.06. The molecule has 0 spiro atoms. The van der Waals surface area contributed by atoms with E-state index in [-0.39, 0.29) is 11.9 Å². The van der Waals surface area contributed by atoms with Crippen molar-refractivity contribution in [1.82, 2.24) is 14.5 Å². The number of fused-ring (bicyclic) bond motifs is 1. The van der Waals surface area contributed by atoms with E-state index in [0.717, 1.165) is 17.5 Å². The maximum atomic E-state index is 12.7. The van der Waals surface area contributed by atoms with E-state index in [2.05, 4.69) is 4.98 Å². The van der Waals surface area contributed by atoms with Gasteiger partial charge in [0, 0.05) is 25.2 Å². The second-order valence-electron chi connectivity index (χ2n) is 5.89. The predicted molar refractivity (Wildman–Crippen MR) is 81.6 cm³/mol. The molecule has 6 nitrogen and oxygen atoms in total. The first-order valence-corrected chi connectivity index (χ1v) is 7.44. The quantitative estimate of drug-likeness (QED) is 0.919. The molecule has 2 atom stereocenters. The monoisotopic (exact) mass is 301 g/mol. The summed E-state index contributed by atoms with van der Waals surface area (Å²) in [5.74, 6) is -1.44. The van der Waals surface area contributed by atoms with Gasteiger partial charge in [-0.15, -0.1) is 0 Å². The average molecular weight is 301 g/mol. The van der Waals surface area contributed by atoms with Gasteiger partial charge in [-0.05, 0) is 38.0 Å². The minimum absolute atomic E-state index is 0.119. The van der Waals surface area contributed by atoms with Crippen LogP contribution in [0.2, 0.25) is 0 Å². The lowest BCUT2D eigenvalue weighted by Gasteiger charge is -2.37. The second kappa shape index (κ2) is 5.44. The molecule has 0 unspecified atom stereocenters. The fraction of sp³-hybridized carbons (Fsp3) is 0.438. The summed E-state index contributed by atoms with van der Waals surface area (Å²) in [6.45, 7) is 2.42. The van der Waals surface area contributed by atoms with Crippen molar-refractivity contribution in [3.63, 3.8) is 0 Å². The molecule has 1 aliphatic heterocycles. The Balaban J connectivity index is 1.89. The number of imidazole rings is 1. The fourth-order valence-corrected chi connectivity index (χ4v) is 3.19. The molecule has 2 aromatic rings. The Kier molecular flexibility index (Phi) is 3.60. The molecule has 1 fully saturated rings. The zero-order valence-corrected chi connectivity index (χ0v) is 12.7. The largest absolute Gasteiger partial charge is 0.481 e. The Bertz CT molecular complexity index is 737. The van der Waals surface area contributed by atoms with E-state index in [1.807, 2.05) is 24.6 Å². The number of rotatable bonds is 2. The van der Waals surface area contributed by atoms with Crippen molar-refractivity contribution in [2.24, 2.45) is 13.0 Å². The number of carbonyl (C=O) groups is 2. The topological polar surface area (TPSA) is 75.4 Å². The zero-order valence-electron chi connectivity index (χ0n) is 12.7. The van der Waals surface area contributed by atoms with Crippen LogP contribution < -0.4 is 0 Å². The number of nitrogens with zero attached hydrogens (tertiary/aromatic N) is 3. The SMILES string of the molecule is C[C@@H]1[C@H](C(=O)O)CCCN1C(=O)c1ccc2c(c1)ncn2C. The number of aliphatic carboxylic acids is 1. The maximum absolute atomic E-state index is 12.7. The lowest BCUT2D eigenvalue weighted by Crippen LogP contribution is -2.49. The van der Waals surface area contributed by atoms with Crippen LogP contribution >= 0.6 is 0 Å². The van der Waals surface area contributed by atoms with E-state index in [1.165, 1.54) is 0 Å². The van der Waals surface area contributed by atoms with Crippen molar-refractivity contribution in [3.05, 3.63) is 30.1 Å². The fourth-order valence-electron chi connectivity index (χ4n) is 3.19. The number of carboxylic acids is 1. The number of hydrogen-bond acceptors (Lipinski definition) is 3. The number of carboxylic acid groups (broad SMARTS) is 1. The van der Waals surface area contributed by atoms with E-state index in [4.69, 9.17) is 0 Å². The number of piperidine rings is 1. The predicted octanol–water partition coefficient (Wildman–Crippen LogP) is 1.90. The minimum atomic E-state index is -0.829. The van der Waals surface area contributed by atoms with Crippen LogP contribution in [0.25, 0.3) is 11.0 Å². The second-order valence-corrected chi connectivity index (χ2v) is 5.89. The molecule has 1 amide bonds. The first-order valence-electron chi connectivity index (χ1n) is 7.44. The zero-order chi connectivity index (χ0) is 15.9. The Morgan fingerprint density at radius 1 is 1.36 bits per heavy atom. The van der Waals surface area contributed by atoms with Crippen LogP contribution in [0.5, 0.6) is 0 Å². The molecule has 0 saturated carbocycles. The van der Waals surface area contributed by atoms with Gasteiger partial charge in [0.1, 0.15) is 0 Å². The molecule has 0 radical (unpaired) electrons. The summed E-state index contributed by atoms with van der Waals surface area (Å²) in [7, 11) is 1.90. The third kappa shape index (κ3) is 2.34. The standard InChI is InChI=1S/C16H19N3O3/c1-10-12(16(21)22)4-3-7-19(10)15(20)11-5-6-14-13(8-11)17-9-18(14)2/h5-6,8-10,12H,3-4,7H2,1-2H3,(H,21,22)/t10-,12-/m1/s1. The average Bonchev–Trinajstić information content (AvgIpc) is 2.87. The first kappa shape index (κ1) is 14.6. The van der Waals surface area contributed by atoms with Gasteiger partial charge in [-0.3, -0.25) is 9.59 Å². The van der Waals surface area contributed by atoms with E-state index in [1.54, 1.807) is 23.4 Å². The van der Waals surface area contributed by atoms with Gasteiger partial charge in [-0.1, -0.05) is 0 Å². The molecule has 116 valence electrons. The third-order valence-electron chi connectivity index (χ3n) is 4.54. The number of benzene rings is 1. The number of likely N-dealkylation sites (tertiary alicyclic amines) is 1. The molecule has 1 saturated heterocycles. The molecular formula is C16H19N3O3. The van der Waals surface area contributed by atoms with Crippen molar-refractivity contribution >= 4 is 22.9 Å². The van der Waals surface area contributed by atoms with E-state index in [0.29, 0.717) is 18.5 Å². The number of carbonyl (C=O) groups excluding carboxylic acids is 1. The van der Waals surface area contributed by atoms with Crippen LogP contribution in [-0.2, 0) is 11.8 Å². The minimum Gasteiger partial charge on any atom is -0.481 e. The Morgan fingerprint density at radius 2 is 2.14 bits per heavy atom. The lowest BCUT2D eigenvalue weighted by atomic mass is 9.90. The maximum Gasteiger partial charge on any atom is 0.308 e. The molecule has 2 heterocycles. The molecule has 1 aromatic carbocycles. The van der Waals surface area contributed by atoms with Crippen molar-refractivity contribution < 1.29 is 14.7 Å².